The third-order valence-corrected chi connectivity index (χ3v) is 5.09. The van der Waals surface area contributed by atoms with Gasteiger partial charge in [-0.1, -0.05) is 48.9 Å². The molecule has 4 nitrogen and oxygen atoms in total. The second-order valence-electron chi connectivity index (χ2n) is 7.33. The van der Waals surface area contributed by atoms with Crippen molar-refractivity contribution in [2.45, 2.75) is 32.9 Å². The van der Waals surface area contributed by atoms with Crippen LogP contribution in [0.1, 0.15) is 31.2 Å². The van der Waals surface area contributed by atoms with E-state index in [4.69, 9.17) is 4.98 Å². The zero-order chi connectivity index (χ0) is 19.9. The summed E-state index contributed by atoms with van der Waals surface area (Å²) in [7, 11) is 0. The number of hydrogen-bond donors (Lipinski definition) is 0. The second-order valence-corrected chi connectivity index (χ2v) is 7.33. The lowest BCUT2D eigenvalue weighted by Crippen LogP contribution is -2.29. The first-order chi connectivity index (χ1) is 14.3. The van der Waals surface area contributed by atoms with Crippen LogP contribution in [-0.2, 0) is 13.1 Å². The molecule has 0 amide bonds. The summed E-state index contributed by atoms with van der Waals surface area (Å²) in [4.78, 5) is 16.4. The summed E-state index contributed by atoms with van der Waals surface area (Å²) in [5.41, 5.74) is 5.65. The van der Waals surface area contributed by atoms with Gasteiger partial charge in [0.15, 0.2) is 0 Å². The van der Waals surface area contributed by atoms with E-state index in [1.807, 2.05) is 36.7 Å². The smallest absolute Gasteiger partial charge is 0.0705 e. The summed E-state index contributed by atoms with van der Waals surface area (Å²) >= 11 is 0. The molecular weight excluding hydrogens is 356 g/mol. The van der Waals surface area contributed by atoms with Crippen molar-refractivity contribution in [2.75, 3.05) is 6.54 Å². The summed E-state index contributed by atoms with van der Waals surface area (Å²) in [6.45, 7) is 4.47. The van der Waals surface area contributed by atoms with Crippen LogP contribution in [0.4, 0.5) is 0 Å². The highest BCUT2D eigenvalue weighted by Crippen LogP contribution is 2.16. The average Bonchev–Trinajstić information content (AvgIpc) is 2.99. The van der Waals surface area contributed by atoms with Gasteiger partial charge < -0.3 is 0 Å². The molecule has 0 spiro atoms. The van der Waals surface area contributed by atoms with E-state index in [-0.39, 0.29) is 0 Å². The number of rotatable bonds is 7. The molecule has 3 heterocycles. The Morgan fingerprint density at radius 2 is 1.76 bits per heavy atom. The lowest BCUT2D eigenvalue weighted by atomic mass is 10.1. The summed E-state index contributed by atoms with van der Waals surface area (Å²) in [5, 5.41) is 1.17. The molecule has 3 aromatic rings. The van der Waals surface area contributed by atoms with Crippen molar-refractivity contribution in [3.8, 4) is 0 Å². The zero-order valence-corrected chi connectivity index (χ0v) is 16.8. The minimum absolute atomic E-state index is 0.749. The molecule has 2 aromatic heterocycles. The van der Waals surface area contributed by atoms with E-state index in [1.54, 1.807) is 0 Å². The highest BCUT2D eigenvalue weighted by Gasteiger charge is 2.13. The summed E-state index contributed by atoms with van der Waals surface area (Å²) < 4.78 is 0. The number of allylic oxidation sites excluding steroid dienone is 2. The van der Waals surface area contributed by atoms with Crippen molar-refractivity contribution in [1.29, 1.82) is 0 Å². The van der Waals surface area contributed by atoms with Crippen LogP contribution in [0.15, 0.2) is 89.7 Å². The molecule has 0 saturated carbocycles. The Balaban J connectivity index is 1.58. The maximum atomic E-state index is 4.87. The minimum Gasteiger partial charge on any atom is -0.286 e. The molecule has 4 heteroatoms. The van der Waals surface area contributed by atoms with Crippen LogP contribution in [-0.4, -0.2) is 27.1 Å². The van der Waals surface area contributed by atoms with Crippen molar-refractivity contribution in [1.82, 2.24) is 14.9 Å². The van der Waals surface area contributed by atoms with Crippen LogP contribution in [0.2, 0.25) is 0 Å². The molecule has 0 N–H and O–H groups in total. The van der Waals surface area contributed by atoms with Crippen LogP contribution in [0.3, 0.4) is 0 Å². The first-order valence-electron chi connectivity index (χ1n) is 10.2. The van der Waals surface area contributed by atoms with Gasteiger partial charge in [0.1, 0.15) is 0 Å². The molecule has 4 rings (SSSR count). The van der Waals surface area contributed by atoms with Gasteiger partial charge in [0.2, 0.25) is 0 Å². The van der Waals surface area contributed by atoms with E-state index in [9.17, 15) is 0 Å². The van der Waals surface area contributed by atoms with E-state index in [0.29, 0.717) is 0 Å². The van der Waals surface area contributed by atoms with Crippen molar-refractivity contribution in [3.63, 3.8) is 0 Å². The number of pyridine rings is 2. The number of aliphatic imine (C=N–C) groups is 1. The fourth-order valence-corrected chi connectivity index (χ4v) is 3.56. The molecule has 1 aliphatic rings. The van der Waals surface area contributed by atoms with Gasteiger partial charge in [0.05, 0.1) is 22.6 Å². The van der Waals surface area contributed by atoms with Gasteiger partial charge in [0, 0.05) is 37.4 Å². The fourth-order valence-electron chi connectivity index (χ4n) is 3.56. The van der Waals surface area contributed by atoms with E-state index in [0.717, 1.165) is 55.1 Å². The van der Waals surface area contributed by atoms with E-state index < -0.39 is 0 Å². The molecule has 0 aliphatic carbocycles. The summed E-state index contributed by atoms with van der Waals surface area (Å²) in [5.74, 6) is 0. The minimum atomic E-state index is 0.749. The number of hydrogen-bond acceptors (Lipinski definition) is 4. The second kappa shape index (κ2) is 9.39. The first-order valence-corrected chi connectivity index (χ1v) is 10.2. The van der Waals surface area contributed by atoms with E-state index >= 15 is 0 Å². The molecule has 0 unspecified atom stereocenters. The monoisotopic (exact) mass is 382 g/mol. The van der Waals surface area contributed by atoms with Crippen LogP contribution in [0.25, 0.3) is 10.9 Å². The zero-order valence-electron chi connectivity index (χ0n) is 16.8. The lowest BCUT2D eigenvalue weighted by molar-refractivity contribution is 0.288. The van der Waals surface area contributed by atoms with Gasteiger partial charge in [0.25, 0.3) is 0 Å². The molecule has 0 fully saturated rings. The molecule has 1 aromatic carbocycles. The predicted molar refractivity (Wildman–Crippen MR) is 120 cm³/mol. The molecule has 0 bridgehead atoms. The van der Waals surface area contributed by atoms with Crippen molar-refractivity contribution in [2.24, 2.45) is 4.99 Å². The molecule has 0 atom stereocenters. The predicted octanol–water partition coefficient (Wildman–Crippen LogP) is 5.33. The number of para-hydroxylation sites is 1. The number of fused-ring (bicyclic) bond motifs is 1. The Morgan fingerprint density at radius 1 is 0.897 bits per heavy atom. The summed E-state index contributed by atoms with van der Waals surface area (Å²) in [6.07, 6.45) is 10.2. The standard InChI is InChI=1S/C25H26N4/c1-2-20-8-7-15-27-24(16-20)19-29(17-22-10-5-6-14-26-22)18-23-13-12-21-9-3-4-11-25(21)28-23/h3-7,9-16H,2,8,17-19H2,1H3. The number of aromatic nitrogens is 2. The largest absolute Gasteiger partial charge is 0.286 e. The molecule has 29 heavy (non-hydrogen) atoms. The van der Waals surface area contributed by atoms with E-state index in [1.165, 1.54) is 11.0 Å². The van der Waals surface area contributed by atoms with Crippen LogP contribution in [0.5, 0.6) is 0 Å². The van der Waals surface area contributed by atoms with Gasteiger partial charge in [-0.25, -0.2) is 0 Å². The Bertz CT molecular complexity index is 1050. The number of benzene rings is 1. The topological polar surface area (TPSA) is 41.4 Å². The van der Waals surface area contributed by atoms with Crippen molar-refractivity contribution in [3.05, 3.63) is 96.1 Å². The Kier molecular flexibility index (Phi) is 6.22. The molecule has 146 valence electrons. The average molecular weight is 383 g/mol. The Labute approximate surface area is 172 Å². The highest BCUT2D eigenvalue weighted by atomic mass is 15.1. The van der Waals surface area contributed by atoms with Crippen molar-refractivity contribution < 1.29 is 0 Å². The van der Waals surface area contributed by atoms with Crippen LogP contribution >= 0.6 is 0 Å². The van der Waals surface area contributed by atoms with Gasteiger partial charge >= 0.3 is 0 Å². The third-order valence-electron chi connectivity index (χ3n) is 5.09. The quantitative estimate of drug-likeness (QED) is 0.555. The molecular formula is C25H26N4. The van der Waals surface area contributed by atoms with Gasteiger partial charge in [-0.3, -0.25) is 19.9 Å². The number of nitrogens with zero attached hydrogens (tertiary/aromatic N) is 4. The summed E-state index contributed by atoms with van der Waals surface area (Å²) in [6, 6.07) is 18.6. The fraction of sp³-hybridized carbons (Fsp3) is 0.240. The highest BCUT2D eigenvalue weighted by molar-refractivity contribution is 5.97. The first kappa shape index (κ1) is 19.2. The Morgan fingerprint density at radius 3 is 2.62 bits per heavy atom. The van der Waals surface area contributed by atoms with Crippen molar-refractivity contribution >= 4 is 16.6 Å². The third kappa shape index (κ3) is 5.24. The Hall–Kier alpha value is -3.11. The van der Waals surface area contributed by atoms with E-state index in [2.05, 4.69) is 64.3 Å². The van der Waals surface area contributed by atoms with Crippen LogP contribution in [0, 0.1) is 0 Å². The molecule has 0 radical (unpaired) electrons. The normalized spacial score (nSPS) is 14.0. The maximum Gasteiger partial charge on any atom is 0.0705 e. The lowest BCUT2D eigenvalue weighted by Gasteiger charge is -2.22. The SMILES string of the molecule is CCC1=CC(CN(Cc2ccccn2)Cc2ccc3ccccc3n2)=NC=CC1. The molecule has 0 saturated heterocycles. The van der Waals surface area contributed by atoms with Gasteiger partial charge in [-0.2, -0.15) is 0 Å². The van der Waals surface area contributed by atoms with Gasteiger partial charge in [-0.15, -0.1) is 0 Å². The maximum absolute atomic E-state index is 4.87. The van der Waals surface area contributed by atoms with Crippen LogP contribution < -0.4 is 0 Å². The van der Waals surface area contributed by atoms with Gasteiger partial charge in [-0.05, 0) is 43.2 Å². The molecule has 1 aliphatic heterocycles.